The highest BCUT2D eigenvalue weighted by molar-refractivity contribution is 8.14. The van der Waals surface area contributed by atoms with Crippen LogP contribution in [0.25, 0.3) is 0 Å². The molecule has 0 atom stereocenters. The quantitative estimate of drug-likeness (QED) is 0.690. The molecule has 1 rings (SSSR count). The van der Waals surface area contributed by atoms with Gasteiger partial charge in [-0.3, -0.25) is 4.99 Å². The minimum absolute atomic E-state index is 0.0910. The molecule has 2 N–H and O–H groups in total. The Kier molecular flexibility index (Phi) is 4.02. The second kappa shape index (κ2) is 4.71. The van der Waals surface area contributed by atoms with Gasteiger partial charge in [-0.15, -0.1) is 0 Å². The number of hydrogen-bond donors (Lipinski definition) is 2. The Morgan fingerprint density at radius 3 is 2.73 bits per heavy atom. The van der Waals surface area contributed by atoms with Crippen LogP contribution in [-0.2, 0) is 10.0 Å². The summed E-state index contributed by atoms with van der Waals surface area (Å²) in [6.07, 6.45) is 1.14. The lowest BCUT2D eigenvalue weighted by molar-refractivity contribution is 0.536. The van der Waals surface area contributed by atoms with Gasteiger partial charge in [-0.1, -0.05) is 11.8 Å². The zero-order valence-corrected chi connectivity index (χ0v) is 10.8. The second-order valence-electron chi connectivity index (χ2n) is 4.15. The second-order valence-corrected chi connectivity index (χ2v) is 6.95. The smallest absolute Gasteiger partial charge is 0.208 e. The molecule has 7 heteroatoms. The van der Waals surface area contributed by atoms with Crippen LogP contribution in [0, 0.1) is 0 Å². The number of nitrogens with zero attached hydrogens (tertiary/aromatic N) is 1. The van der Waals surface area contributed by atoms with Gasteiger partial charge < -0.3 is 5.32 Å². The average Bonchev–Trinajstić information content (AvgIpc) is 2.38. The number of thioether (sulfide) groups is 1. The molecule has 0 radical (unpaired) electrons. The van der Waals surface area contributed by atoms with E-state index >= 15 is 0 Å². The molecule has 1 heterocycles. The summed E-state index contributed by atoms with van der Waals surface area (Å²) in [7, 11) is -3.09. The largest absolute Gasteiger partial charge is 0.359 e. The summed E-state index contributed by atoms with van der Waals surface area (Å²) in [5, 5.41) is 4.16. The number of aliphatic imine (C=N–C) groups is 1. The molecule has 1 aliphatic rings. The summed E-state index contributed by atoms with van der Waals surface area (Å²) in [5.74, 6) is 0.991. The normalized spacial score (nSPS) is 23.0. The Morgan fingerprint density at radius 1 is 1.60 bits per heavy atom. The summed E-state index contributed by atoms with van der Waals surface area (Å²) in [5.41, 5.74) is 0.0910. The van der Waals surface area contributed by atoms with Crippen LogP contribution in [0.1, 0.15) is 13.8 Å². The third-order valence-electron chi connectivity index (χ3n) is 1.75. The Balaban J connectivity index is 2.29. The zero-order chi connectivity index (χ0) is 11.5. The minimum Gasteiger partial charge on any atom is -0.359 e. The van der Waals surface area contributed by atoms with Crippen LogP contribution >= 0.6 is 11.8 Å². The average molecular weight is 251 g/mol. The van der Waals surface area contributed by atoms with Crippen molar-refractivity contribution in [3.63, 3.8) is 0 Å². The first-order valence-electron chi connectivity index (χ1n) is 4.69. The molecule has 0 aromatic rings. The SMILES string of the molecule is CC1(C)CSC(=NCCNS(C)(=O)=O)N1. The zero-order valence-electron chi connectivity index (χ0n) is 9.20. The molecule has 0 saturated carbocycles. The number of rotatable bonds is 4. The van der Waals surface area contributed by atoms with Crippen LogP contribution in [0.15, 0.2) is 4.99 Å². The van der Waals surface area contributed by atoms with E-state index in [1.54, 1.807) is 11.8 Å². The van der Waals surface area contributed by atoms with Gasteiger partial charge in [0.2, 0.25) is 10.0 Å². The van der Waals surface area contributed by atoms with Gasteiger partial charge in [-0.05, 0) is 13.8 Å². The van der Waals surface area contributed by atoms with Crippen LogP contribution in [-0.4, -0.2) is 44.2 Å². The fourth-order valence-electron chi connectivity index (χ4n) is 1.08. The Labute approximate surface area is 95.2 Å². The first kappa shape index (κ1) is 12.8. The molecule has 0 bridgehead atoms. The Hall–Kier alpha value is -0.270. The summed E-state index contributed by atoms with van der Waals surface area (Å²) in [4.78, 5) is 4.26. The lowest BCUT2D eigenvalue weighted by Crippen LogP contribution is -2.37. The van der Waals surface area contributed by atoms with Crippen molar-refractivity contribution < 1.29 is 8.42 Å². The maximum atomic E-state index is 10.8. The molecular formula is C8H17N3O2S2. The topological polar surface area (TPSA) is 70.6 Å². The van der Waals surface area contributed by atoms with Crippen LogP contribution in [0.4, 0.5) is 0 Å². The maximum absolute atomic E-state index is 10.8. The monoisotopic (exact) mass is 251 g/mol. The molecule has 1 saturated heterocycles. The van der Waals surface area contributed by atoms with Crippen molar-refractivity contribution in [1.29, 1.82) is 0 Å². The van der Waals surface area contributed by atoms with E-state index in [1.165, 1.54) is 0 Å². The predicted molar refractivity (Wildman–Crippen MR) is 64.8 cm³/mol. The molecule has 0 aromatic heterocycles. The van der Waals surface area contributed by atoms with E-state index in [1.807, 2.05) is 0 Å². The van der Waals surface area contributed by atoms with Crippen LogP contribution in [0.3, 0.4) is 0 Å². The van der Waals surface area contributed by atoms with Crippen molar-refractivity contribution in [2.75, 3.05) is 25.1 Å². The van der Waals surface area contributed by atoms with E-state index in [-0.39, 0.29) is 5.54 Å². The number of amidine groups is 1. The van der Waals surface area contributed by atoms with Crippen LogP contribution < -0.4 is 10.0 Å². The van der Waals surface area contributed by atoms with Crippen molar-refractivity contribution in [1.82, 2.24) is 10.0 Å². The van der Waals surface area contributed by atoms with Crippen molar-refractivity contribution in [2.24, 2.45) is 4.99 Å². The molecule has 0 aromatic carbocycles. The van der Waals surface area contributed by atoms with Crippen molar-refractivity contribution in [2.45, 2.75) is 19.4 Å². The third-order valence-corrected chi connectivity index (χ3v) is 3.85. The van der Waals surface area contributed by atoms with E-state index in [0.717, 1.165) is 17.2 Å². The molecule has 1 fully saturated rings. The van der Waals surface area contributed by atoms with Gasteiger partial charge >= 0.3 is 0 Å². The molecule has 15 heavy (non-hydrogen) atoms. The fourth-order valence-corrected chi connectivity index (χ4v) is 2.65. The van der Waals surface area contributed by atoms with Gasteiger partial charge in [-0.2, -0.15) is 0 Å². The molecule has 0 aliphatic carbocycles. The number of sulfonamides is 1. The van der Waals surface area contributed by atoms with Crippen LogP contribution in [0.5, 0.6) is 0 Å². The van der Waals surface area contributed by atoms with Gasteiger partial charge in [0.1, 0.15) is 0 Å². The highest BCUT2D eigenvalue weighted by Gasteiger charge is 2.26. The fraction of sp³-hybridized carbons (Fsp3) is 0.875. The van der Waals surface area contributed by atoms with Gasteiger partial charge in [0.25, 0.3) is 0 Å². The first-order chi connectivity index (χ1) is 6.79. The van der Waals surface area contributed by atoms with E-state index in [2.05, 4.69) is 28.9 Å². The maximum Gasteiger partial charge on any atom is 0.208 e. The number of hydrogen-bond acceptors (Lipinski definition) is 4. The Bertz CT molecular complexity index is 349. The lowest BCUT2D eigenvalue weighted by Gasteiger charge is -2.15. The lowest BCUT2D eigenvalue weighted by atomic mass is 10.1. The van der Waals surface area contributed by atoms with Crippen molar-refractivity contribution in [3.8, 4) is 0 Å². The third kappa shape index (κ3) is 5.39. The van der Waals surface area contributed by atoms with Gasteiger partial charge in [0.05, 0.1) is 12.8 Å². The van der Waals surface area contributed by atoms with E-state index < -0.39 is 10.0 Å². The molecule has 0 amide bonds. The number of nitrogens with one attached hydrogen (secondary N) is 2. The van der Waals surface area contributed by atoms with Gasteiger partial charge in [0, 0.05) is 17.8 Å². The van der Waals surface area contributed by atoms with Crippen molar-refractivity contribution in [3.05, 3.63) is 0 Å². The molecule has 0 unspecified atom stereocenters. The summed E-state index contributed by atoms with van der Waals surface area (Å²) < 4.78 is 23.9. The predicted octanol–water partition coefficient (Wildman–Crippen LogP) is 0.00660. The van der Waals surface area contributed by atoms with Gasteiger partial charge in [0.15, 0.2) is 5.17 Å². The molecule has 5 nitrogen and oxygen atoms in total. The van der Waals surface area contributed by atoms with Gasteiger partial charge in [-0.25, -0.2) is 13.1 Å². The highest BCUT2D eigenvalue weighted by atomic mass is 32.2. The standard InChI is InChI=1S/C8H17N3O2S2/c1-8(2)6-14-7(11-8)9-4-5-10-15(3,12)13/h10H,4-6H2,1-3H3,(H,9,11). The molecule has 0 spiro atoms. The van der Waals surface area contributed by atoms with E-state index in [0.29, 0.717) is 13.1 Å². The molecular weight excluding hydrogens is 234 g/mol. The van der Waals surface area contributed by atoms with E-state index in [9.17, 15) is 8.42 Å². The van der Waals surface area contributed by atoms with Crippen molar-refractivity contribution >= 4 is 27.0 Å². The van der Waals surface area contributed by atoms with Crippen LogP contribution in [0.2, 0.25) is 0 Å². The molecule has 88 valence electrons. The summed E-state index contributed by atoms with van der Waals surface area (Å²) >= 11 is 1.67. The van der Waals surface area contributed by atoms with E-state index in [4.69, 9.17) is 0 Å². The first-order valence-corrected chi connectivity index (χ1v) is 7.56. The molecule has 1 aliphatic heterocycles. The highest BCUT2D eigenvalue weighted by Crippen LogP contribution is 2.21. The summed E-state index contributed by atoms with van der Waals surface area (Å²) in [6.45, 7) is 5.04. The minimum atomic E-state index is -3.09. The Morgan fingerprint density at radius 2 is 2.27 bits per heavy atom. The summed E-state index contributed by atoms with van der Waals surface area (Å²) in [6, 6.07) is 0.